The number of hydrogen-bond acceptors (Lipinski definition) is 4. The molecule has 0 spiro atoms. The van der Waals surface area contributed by atoms with Gasteiger partial charge in [-0.15, -0.1) is 11.3 Å². The largest absolute Gasteiger partial charge is 0.308 e. The molecule has 0 radical (unpaired) electrons. The zero-order valence-electron chi connectivity index (χ0n) is 30.2. The van der Waals surface area contributed by atoms with Crippen LogP contribution in [0.4, 0.5) is 0 Å². The van der Waals surface area contributed by atoms with E-state index in [1.54, 1.807) is 0 Å². The summed E-state index contributed by atoms with van der Waals surface area (Å²) in [5.41, 5.74) is 12.3. The van der Waals surface area contributed by atoms with Crippen LogP contribution in [0.25, 0.3) is 103 Å². The minimum atomic E-state index is -0.109. The van der Waals surface area contributed by atoms with Crippen molar-refractivity contribution < 1.29 is 0 Å². The van der Waals surface area contributed by atoms with Crippen LogP contribution in [0.2, 0.25) is 0 Å². The summed E-state index contributed by atoms with van der Waals surface area (Å²) in [5.74, 6) is 0.663. The quantitative estimate of drug-likeness (QED) is 0.182. The molecule has 0 saturated carbocycles. The fourth-order valence-electron chi connectivity index (χ4n) is 9.32. The molecule has 258 valence electrons. The van der Waals surface area contributed by atoms with Crippen LogP contribution in [-0.2, 0) is 5.41 Å². The molecule has 4 aromatic heterocycles. The van der Waals surface area contributed by atoms with Gasteiger partial charge in [0.2, 0.25) is 0 Å². The molecule has 4 nitrogen and oxygen atoms in total. The van der Waals surface area contributed by atoms with E-state index in [1.807, 2.05) is 23.6 Å². The molecule has 11 aromatic rings. The van der Waals surface area contributed by atoms with E-state index in [-0.39, 0.29) is 5.41 Å². The van der Waals surface area contributed by atoms with Crippen LogP contribution in [0, 0.1) is 0 Å². The molecule has 0 fully saturated rings. The summed E-state index contributed by atoms with van der Waals surface area (Å²) in [4.78, 5) is 15.1. The number of nitrogens with zero attached hydrogens (tertiary/aromatic N) is 4. The van der Waals surface area contributed by atoms with Crippen molar-refractivity contribution in [3.63, 3.8) is 0 Å². The minimum absolute atomic E-state index is 0.109. The lowest BCUT2D eigenvalue weighted by atomic mass is 9.82. The van der Waals surface area contributed by atoms with Crippen molar-refractivity contribution in [1.29, 1.82) is 0 Å². The summed E-state index contributed by atoms with van der Waals surface area (Å²) in [5, 5.41) is 8.71. The van der Waals surface area contributed by atoms with Crippen LogP contribution in [0.5, 0.6) is 0 Å². The van der Waals surface area contributed by atoms with Crippen molar-refractivity contribution in [3.05, 3.63) is 169 Å². The summed E-state index contributed by atoms with van der Waals surface area (Å²) >= 11 is 1.89. The third-order valence-corrected chi connectivity index (χ3v) is 13.0. The van der Waals surface area contributed by atoms with Crippen molar-refractivity contribution in [2.75, 3.05) is 0 Å². The summed E-state index contributed by atoms with van der Waals surface area (Å²) in [6.45, 7) is 4.64. The lowest BCUT2D eigenvalue weighted by Crippen LogP contribution is -2.15. The molecule has 1 aliphatic rings. The van der Waals surface area contributed by atoms with Crippen molar-refractivity contribution in [1.82, 2.24) is 19.5 Å². The SMILES string of the molecule is CC1(C)c2ccccc2-c2ccc(-c3nc(-c4ccc(-n5c6ccccc6c6c7ccccc7c7c8ccccc8sc7c65)cc4)nc4ncccc34)cc21. The number of rotatable bonds is 3. The lowest BCUT2D eigenvalue weighted by Gasteiger charge is -2.22. The summed E-state index contributed by atoms with van der Waals surface area (Å²) in [6.07, 6.45) is 1.81. The maximum atomic E-state index is 5.30. The van der Waals surface area contributed by atoms with Gasteiger partial charge in [0.25, 0.3) is 0 Å². The van der Waals surface area contributed by atoms with Crippen molar-refractivity contribution >= 4 is 75.1 Å². The lowest BCUT2D eigenvalue weighted by molar-refractivity contribution is 0.660. The Kier molecular flexibility index (Phi) is 6.24. The van der Waals surface area contributed by atoms with Crippen molar-refractivity contribution in [2.45, 2.75) is 19.3 Å². The Morgan fingerprint density at radius 1 is 0.545 bits per heavy atom. The summed E-state index contributed by atoms with van der Waals surface area (Å²) < 4.78 is 5.07. The van der Waals surface area contributed by atoms with Crippen LogP contribution >= 0.6 is 11.3 Å². The van der Waals surface area contributed by atoms with E-state index in [4.69, 9.17) is 15.0 Å². The van der Waals surface area contributed by atoms with Gasteiger partial charge in [-0.3, -0.25) is 0 Å². The van der Waals surface area contributed by atoms with Crippen LogP contribution < -0.4 is 0 Å². The van der Waals surface area contributed by atoms with Gasteiger partial charge in [-0.2, -0.15) is 0 Å². The summed E-state index contributed by atoms with van der Waals surface area (Å²) in [7, 11) is 0. The zero-order valence-corrected chi connectivity index (χ0v) is 31.0. The predicted molar refractivity (Wildman–Crippen MR) is 231 cm³/mol. The Balaban J connectivity index is 1.05. The van der Waals surface area contributed by atoms with Crippen molar-refractivity contribution in [2.24, 2.45) is 0 Å². The topological polar surface area (TPSA) is 43.6 Å². The van der Waals surface area contributed by atoms with E-state index >= 15 is 0 Å². The van der Waals surface area contributed by atoms with Gasteiger partial charge in [-0.05, 0) is 87.6 Å². The van der Waals surface area contributed by atoms with Gasteiger partial charge < -0.3 is 4.57 Å². The van der Waals surface area contributed by atoms with E-state index in [0.717, 1.165) is 27.9 Å². The van der Waals surface area contributed by atoms with Crippen LogP contribution in [-0.4, -0.2) is 19.5 Å². The zero-order chi connectivity index (χ0) is 36.4. The molecule has 4 heterocycles. The number of para-hydroxylation sites is 1. The van der Waals surface area contributed by atoms with E-state index in [1.165, 1.54) is 75.0 Å². The highest BCUT2D eigenvalue weighted by Crippen LogP contribution is 2.50. The second-order valence-corrected chi connectivity index (χ2v) is 16.2. The molecule has 0 unspecified atom stereocenters. The first-order chi connectivity index (χ1) is 27.0. The molecule has 0 aliphatic heterocycles. The number of benzene rings is 7. The number of aromatic nitrogens is 4. The standard InChI is InChI=1S/C50H32N4S/c1-50(2)39-18-8-5-12-32(39)33-26-23-30(28-40(33)50)45-38-17-11-27-51-49(38)53-48(52-45)29-21-24-31(25-22-29)54-41-19-9-6-15-36(41)43-34-13-3-4-14-35(34)44-37-16-7-10-20-42(37)55-47(44)46(43)54/h3-28H,1-2H3. The van der Waals surface area contributed by atoms with E-state index in [2.05, 4.69) is 164 Å². The second kappa shape index (κ2) is 11.2. The Morgan fingerprint density at radius 3 is 2.07 bits per heavy atom. The smallest absolute Gasteiger partial charge is 0.163 e. The maximum Gasteiger partial charge on any atom is 0.163 e. The molecule has 0 N–H and O–H groups in total. The molecular weight excluding hydrogens is 689 g/mol. The van der Waals surface area contributed by atoms with Gasteiger partial charge >= 0.3 is 0 Å². The normalized spacial score (nSPS) is 13.4. The Morgan fingerprint density at radius 2 is 1.22 bits per heavy atom. The van der Waals surface area contributed by atoms with Gasteiger partial charge in [0.15, 0.2) is 11.5 Å². The fraction of sp³-hybridized carbons (Fsp3) is 0.0600. The Bertz CT molecular complexity index is 3410. The Labute approximate surface area is 321 Å². The van der Waals surface area contributed by atoms with Gasteiger partial charge in [-0.1, -0.05) is 111 Å². The maximum absolute atomic E-state index is 5.30. The first-order valence-electron chi connectivity index (χ1n) is 18.8. The first-order valence-corrected chi connectivity index (χ1v) is 19.6. The minimum Gasteiger partial charge on any atom is -0.308 e. The molecule has 0 saturated heterocycles. The van der Waals surface area contributed by atoms with Gasteiger partial charge in [0, 0.05) is 60.1 Å². The average molecular weight is 721 g/mol. The predicted octanol–water partition coefficient (Wildman–Crippen LogP) is 13.3. The molecular formula is C50H32N4S. The number of hydrogen-bond donors (Lipinski definition) is 0. The molecule has 7 aromatic carbocycles. The van der Waals surface area contributed by atoms with E-state index in [0.29, 0.717) is 11.5 Å². The molecule has 55 heavy (non-hydrogen) atoms. The number of fused-ring (bicyclic) bond motifs is 14. The molecule has 0 amide bonds. The molecule has 0 bridgehead atoms. The highest BCUT2D eigenvalue weighted by molar-refractivity contribution is 7.27. The third kappa shape index (κ3) is 4.24. The highest BCUT2D eigenvalue weighted by atomic mass is 32.1. The van der Waals surface area contributed by atoms with Crippen molar-refractivity contribution in [3.8, 4) is 39.5 Å². The average Bonchev–Trinajstić information content (AvgIpc) is 3.87. The van der Waals surface area contributed by atoms with Crippen LogP contribution in [0.15, 0.2) is 158 Å². The van der Waals surface area contributed by atoms with E-state index in [9.17, 15) is 0 Å². The number of thiophene rings is 1. The number of pyridine rings is 1. The van der Waals surface area contributed by atoms with Crippen LogP contribution in [0.1, 0.15) is 25.0 Å². The first kappa shape index (κ1) is 30.7. The van der Waals surface area contributed by atoms with Crippen LogP contribution in [0.3, 0.4) is 0 Å². The van der Waals surface area contributed by atoms with Gasteiger partial charge in [-0.25, -0.2) is 15.0 Å². The fourth-order valence-corrected chi connectivity index (χ4v) is 10.6. The van der Waals surface area contributed by atoms with E-state index < -0.39 is 0 Å². The second-order valence-electron chi connectivity index (χ2n) is 15.2. The molecule has 1 aliphatic carbocycles. The summed E-state index contributed by atoms with van der Waals surface area (Å²) in [6, 6.07) is 54.9. The molecule has 5 heteroatoms. The molecule has 0 atom stereocenters. The monoisotopic (exact) mass is 720 g/mol. The Hall–Kier alpha value is -6.69. The van der Waals surface area contributed by atoms with Gasteiger partial charge in [0.05, 0.1) is 21.4 Å². The highest BCUT2D eigenvalue weighted by Gasteiger charge is 2.35. The third-order valence-electron chi connectivity index (χ3n) is 11.9. The molecule has 12 rings (SSSR count). The van der Waals surface area contributed by atoms with Gasteiger partial charge in [0.1, 0.15) is 0 Å².